The lowest BCUT2D eigenvalue weighted by Crippen LogP contribution is -2.31. The second kappa shape index (κ2) is 5.89. The van der Waals surface area contributed by atoms with Gasteiger partial charge in [0.25, 0.3) is 0 Å². The van der Waals surface area contributed by atoms with Crippen molar-refractivity contribution in [3.05, 3.63) is 17.8 Å². The molecule has 1 aromatic rings. The number of pyridine rings is 1. The molecule has 114 valence electrons. The monoisotopic (exact) mass is 291 g/mol. The average Bonchev–Trinajstić information content (AvgIpc) is 3.21. The van der Waals surface area contributed by atoms with E-state index in [4.69, 9.17) is 15.2 Å². The maximum absolute atomic E-state index is 11.9. The van der Waals surface area contributed by atoms with Crippen LogP contribution in [0.1, 0.15) is 36.5 Å². The summed E-state index contributed by atoms with van der Waals surface area (Å²) in [5.41, 5.74) is 6.49. The number of carbonyl (C=O) groups is 1. The highest BCUT2D eigenvalue weighted by molar-refractivity contribution is 5.95. The Labute approximate surface area is 124 Å². The predicted molar refractivity (Wildman–Crippen MR) is 79.1 cm³/mol. The fourth-order valence-corrected chi connectivity index (χ4v) is 2.78. The molecule has 3 N–H and O–H groups in total. The first-order valence-electron chi connectivity index (χ1n) is 7.50. The Kier molecular flexibility index (Phi) is 3.96. The van der Waals surface area contributed by atoms with Gasteiger partial charge in [0.1, 0.15) is 5.82 Å². The van der Waals surface area contributed by atoms with Gasteiger partial charge >= 0.3 is 5.97 Å². The van der Waals surface area contributed by atoms with Crippen LogP contribution in [-0.2, 0) is 9.47 Å². The van der Waals surface area contributed by atoms with Crippen LogP contribution in [0.4, 0.5) is 11.5 Å². The van der Waals surface area contributed by atoms with Gasteiger partial charge in [0.15, 0.2) is 0 Å². The molecule has 0 amide bonds. The summed E-state index contributed by atoms with van der Waals surface area (Å²) in [5, 5.41) is 3.38. The molecule has 2 aliphatic rings. The van der Waals surface area contributed by atoms with E-state index >= 15 is 0 Å². The Morgan fingerprint density at radius 1 is 1.52 bits per heavy atom. The van der Waals surface area contributed by atoms with Crippen LogP contribution < -0.4 is 11.1 Å². The predicted octanol–water partition coefficient (Wildman–Crippen LogP) is 1.82. The van der Waals surface area contributed by atoms with E-state index in [9.17, 15) is 4.79 Å². The van der Waals surface area contributed by atoms with E-state index in [1.807, 2.05) is 0 Å². The minimum Gasteiger partial charge on any atom is -0.462 e. The number of rotatable bonds is 5. The highest BCUT2D eigenvalue weighted by Gasteiger charge is 2.40. The summed E-state index contributed by atoms with van der Waals surface area (Å²) in [6.07, 6.45) is 5.20. The van der Waals surface area contributed by atoms with Crippen LogP contribution in [0.25, 0.3) is 0 Å². The van der Waals surface area contributed by atoms with E-state index in [2.05, 4.69) is 10.3 Å². The first-order valence-corrected chi connectivity index (χ1v) is 7.50. The van der Waals surface area contributed by atoms with Crippen LogP contribution in [0.5, 0.6) is 0 Å². The summed E-state index contributed by atoms with van der Waals surface area (Å²) in [4.78, 5) is 16.1. The molecule has 0 spiro atoms. The Hall–Kier alpha value is -1.82. The minimum atomic E-state index is -0.415. The van der Waals surface area contributed by atoms with Crippen molar-refractivity contribution >= 4 is 17.5 Å². The molecule has 6 nitrogen and oxygen atoms in total. The van der Waals surface area contributed by atoms with Crippen molar-refractivity contribution in [3.8, 4) is 0 Å². The van der Waals surface area contributed by atoms with Gasteiger partial charge in [-0.05, 0) is 38.2 Å². The topological polar surface area (TPSA) is 86.5 Å². The van der Waals surface area contributed by atoms with E-state index in [1.165, 1.54) is 19.0 Å². The van der Waals surface area contributed by atoms with Crippen molar-refractivity contribution in [1.29, 1.82) is 0 Å². The van der Waals surface area contributed by atoms with Crippen molar-refractivity contribution in [3.63, 3.8) is 0 Å². The Morgan fingerprint density at radius 3 is 3.05 bits per heavy atom. The van der Waals surface area contributed by atoms with Crippen LogP contribution in [0.3, 0.4) is 0 Å². The third kappa shape index (κ3) is 3.10. The van der Waals surface area contributed by atoms with Crippen molar-refractivity contribution < 1.29 is 14.3 Å². The SMILES string of the molecule is CCOC(=O)c1cc(NC2CCOC2C2CC2)ncc1N. The zero-order valence-corrected chi connectivity index (χ0v) is 12.2. The summed E-state index contributed by atoms with van der Waals surface area (Å²) in [6, 6.07) is 1.92. The fourth-order valence-electron chi connectivity index (χ4n) is 2.78. The van der Waals surface area contributed by atoms with E-state index in [0.29, 0.717) is 29.6 Å². The first-order chi connectivity index (χ1) is 10.2. The van der Waals surface area contributed by atoms with Crippen LogP contribution in [0.15, 0.2) is 12.3 Å². The molecule has 2 atom stereocenters. The lowest BCUT2D eigenvalue weighted by atomic mass is 10.1. The van der Waals surface area contributed by atoms with Gasteiger partial charge in [-0.2, -0.15) is 0 Å². The number of nitrogen functional groups attached to an aromatic ring is 1. The number of esters is 1. The molecule has 6 heteroatoms. The highest BCUT2D eigenvalue weighted by Crippen LogP contribution is 2.39. The van der Waals surface area contributed by atoms with E-state index in [-0.39, 0.29) is 12.1 Å². The molecule has 0 bridgehead atoms. The number of anilines is 2. The van der Waals surface area contributed by atoms with Crippen molar-refractivity contribution in [2.75, 3.05) is 24.3 Å². The number of nitrogens with zero attached hydrogens (tertiary/aromatic N) is 1. The van der Waals surface area contributed by atoms with Gasteiger partial charge in [-0.1, -0.05) is 0 Å². The van der Waals surface area contributed by atoms with Gasteiger partial charge in [-0.25, -0.2) is 9.78 Å². The van der Waals surface area contributed by atoms with Crippen molar-refractivity contribution in [2.45, 2.75) is 38.3 Å². The first kappa shape index (κ1) is 14.1. The average molecular weight is 291 g/mol. The minimum absolute atomic E-state index is 0.253. The maximum atomic E-state index is 11.9. The van der Waals surface area contributed by atoms with Crippen LogP contribution >= 0.6 is 0 Å². The molecule has 2 unspecified atom stereocenters. The molecule has 1 aliphatic carbocycles. The zero-order chi connectivity index (χ0) is 14.8. The largest absolute Gasteiger partial charge is 0.462 e. The summed E-state index contributed by atoms with van der Waals surface area (Å²) < 4.78 is 10.8. The quantitative estimate of drug-likeness (QED) is 0.805. The number of aromatic nitrogens is 1. The maximum Gasteiger partial charge on any atom is 0.340 e. The lowest BCUT2D eigenvalue weighted by Gasteiger charge is -2.20. The molecular formula is C15H21N3O3. The molecule has 1 saturated carbocycles. The number of nitrogens with two attached hydrogens (primary N) is 1. The Morgan fingerprint density at radius 2 is 2.33 bits per heavy atom. The molecule has 2 fully saturated rings. The normalized spacial score (nSPS) is 24.8. The van der Waals surface area contributed by atoms with Crippen molar-refractivity contribution in [2.24, 2.45) is 5.92 Å². The summed E-state index contributed by atoms with van der Waals surface area (Å²) in [7, 11) is 0. The highest BCUT2D eigenvalue weighted by atomic mass is 16.5. The molecular weight excluding hydrogens is 270 g/mol. The van der Waals surface area contributed by atoms with Crippen LogP contribution in [0, 0.1) is 5.92 Å². The molecule has 3 rings (SSSR count). The fraction of sp³-hybridized carbons (Fsp3) is 0.600. The zero-order valence-electron chi connectivity index (χ0n) is 12.2. The summed E-state index contributed by atoms with van der Waals surface area (Å²) >= 11 is 0. The van der Waals surface area contributed by atoms with Crippen LogP contribution in [-0.4, -0.2) is 36.3 Å². The van der Waals surface area contributed by atoms with E-state index in [0.717, 1.165) is 13.0 Å². The van der Waals surface area contributed by atoms with Gasteiger partial charge in [0.05, 0.1) is 36.2 Å². The smallest absolute Gasteiger partial charge is 0.340 e. The Bertz CT molecular complexity index is 531. The van der Waals surface area contributed by atoms with Gasteiger partial charge in [0.2, 0.25) is 0 Å². The second-order valence-corrected chi connectivity index (χ2v) is 5.59. The van der Waals surface area contributed by atoms with Gasteiger partial charge in [-0.15, -0.1) is 0 Å². The molecule has 0 aromatic carbocycles. The number of hydrogen-bond donors (Lipinski definition) is 2. The van der Waals surface area contributed by atoms with Gasteiger partial charge < -0.3 is 20.5 Å². The molecule has 2 heterocycles. The summed E-state index contributed by atoms with van der Waals surface area (Å²) in [6.45, 7) is 2.87. The lowest BCUT2D eigenvalue weighted by molar-refractivity contribution is 0.0527. The van der Waals surface area contributed by atoms with E-state index in [1.54, 1.807) is 13.0 Å². The number of ether oxygens (including phenoxy) is 2. The third-order valence-electron chi connectivity index (χ3n) is 3.99. The summed E-state index contributed by atoms with van der Waals surface area (Å²) in [5.74, 6) is 0.901. The second-order valence-electron chi connectivity index (χ2n) is 5.59. The third-order valence-corrected chi connectivity index (χ3v) is 3.99. The molecule has 1 saturated heterocycles. The molecule has 1 aliphatic heterocycles. The Balaban J connectivity index is 1.73. The van der Waals surface area contributed by atoms with Crippen LogP contribution in [0.2, 0.25) is 0 Å². The van der Waals surface area contributed by atoms with Gasteiger partial charge in [-0.3, -0.25) is 0 Å². The molecule has 0 radical (unpaired) electrons. The standard InChI is InChI=1S/C15H21N3O3/c1-2-20-15(19)10-7-13(17-8-11(10)16)18-12-5-6-21-14(12)9-3-4-9/h7-9,12,14H,2-6,16H2,1H3,(H,17,18). The molecule has 1 aromatic heterocycles. The van der Waals surface area contributed by atoms with Crippen molar-refractivity contribution in [1.82, 2.24) is 4.98 Å². The van der Waals surface area contributed by atoms with Gasteiger partial charge in [0, 0.05) is 6.61 Å². The molecule has 21 heavy (non-hydrogen) atoms. The number of nitrogens with one attached hydrogen (secondary N) is 1. The number of hydrogen-bond acceptors (Lipinski definition) is 6. The number of carbonyl (C=O) groups excluding carboxylic acids is 1. The van der Waals surface area contributed by atoms with E-state index < -0.39 is 5.97 Å².